The van der Waals surface area contributed by atoms with E-state index in [2.05, 4.69) is 26.3 Å². The minimum absolute atomic E-state index is 0.0675. The topological polar surface area (TPSA) is 70.3 Å². The quantitative estimate of drug-likeness (QED) is 0.783. The number of nitrogens with zero attached hydrogens (tertiary/aromatic N) is 2. The molecule has 0 saturated heterocycles. The lowest BCUT2D eigenvalue weighted by Crippen LogP contribution is -2.03. The molecule has 1 aromatic heterocycles. The zero-order chi connectivity index (χ0) is 13.8. The van der Waals surface area contributed by atoms with E-state index < -0.39 is 0 Å². The molecule has 3 N–H and O–H groups in total. The Morgan fingerprint density at radius 2 is 2.00 bits per heavy atom. The maximum absolute atomic E-state index is 9.24. The summed E-state index contributed by atoms with van der Waals surface area (Å²) in [4.78, 5) is 0. The first-order chi connectivity index (χ1) is 9.13. The second-order valence-corrected chi connectivity index (χ2v) is 5.11. The van der Waals surface area contributed by atoms with Crippen molar-refractivity contribution >= 4 is 21.6 Å². The summed E-state index contributed by atoms with van der Waals surface area (Å²) in [6, 6.07) is 5.52. The van der Waals surface area contributed by atoms with E-state index in [1.54, 1.807) is 10.7 Å². The molecule has 0 aliphatic rings. The summed E-state index contributed by atoms with van der Waals surface area (Å²) >= 11 is 3.45. The van der Waals surface area contributed by atoms with Crippen molar-refractivity contribution in [3.05, 3.63) is 45.7 Å². The van der Waals surface area contributed by atoms with Crippen LogP contribution in [0.25, 0.3) is 0 Å². The molecular weight excluding hydrogens is 310 g/mol. The Morgan fingerprint density at radius 3 is 2.58 bits per heavy atom. The number of aliphatic hydroxyl groups excluding tert-OH is 2. The molecule has 0 bridgehead atoms. The lowest BCUT2D eigenvalue weighted by molar-refractivity contribution is 0.260. The lowest BCUT2D eigenvalue weighted by atomic mass is 10.1. The van der Waals surface area contributed by atoms with Crippen molar-refractivity contribution in [1.82, 2.24) is 9.78 Å². The van der Waals surface area contributed by atoms with Crippen LogP contribution >= 0.6 is 15.9 Å². The minimum Gasteiger partial charge on any atom is -0.392 e. The van der Waals surface area contributed by atoms with Gasteiger partial charge in [0.25, 0.3) is 0 Å². The van der Waals surface area contributed by atoms with E-state index in [9.17, 15) is 5.11 Å². The number of benzene rings is 1. The van der Waals surface area contributed by atoms with Gasteiger partial charge in [-0.05, 0) is 39.2 Å². The molecule has 0 spiro atoms. The Balaban J connectivity index is 2.09. The summed E-state index contributed by atoms with van der Waals surface area (Å²) in [6.07, 6.45) is 1.89. The number of aromatic nitrogens is 2. The van der Waals surface area contributed by atoms with E-state index in [1.165, 1.54) is 0 Å². The van der Waals surface area contributed by atoms with Gasteiger partial charge in [0.05, 0.1) is 29.9 Å². The van der Waals surface area contributed by atoms with Crippen LogP contribution in [0.3, 0.4) is 0 Å². The first-order valence-electron chi connectivity index (χ1n) is 5.89. The Morgan fingerprint density at radius 1 is 1.26 bits per heavy atom. The first-order valence-corrected chi connectivity index (χ1v) is 6.68. The predicted octanol–water partition coefficient (Wildman–Crippen LogP) is 1.78. The molecule has 6 heteroatoms. The van der Waals surface area contributed by atoms with E-state index >= 15 is 0 Å². The van der Waals surface area contributed by atoms with Gasteiger partial charge in [-0.2, -0.15) is 5.10 Å². The van der Waals surface area contributed by atoms with Crippen LogP contribution in [0, 0.1) is 0 Å². The molecule has 1 heterocycles. The summed E-state index contributed by atoms with van der Waals surface area (Å²) in [7, 11) is 1.87. The molecule has 0 aliphatic carbocycles. The molecule has 0 radical (unpaired) electrons. The molecule has 0 atom stereocenters. The van der Waals surface area contributed by atoms with Gasteiger partial charge in [0, 0.05) is 18.9 Å². The highest BCUT2D eigenvalue weighted by Crippen LogP contribution is 2.19. The van der Waals surface area contributed by atoms with E-state index in [0.29, 0.717) is 6.54 Å². The van der Waals surface area contributed by atoms with Gasteiger partial charge in [0.2, 0.25) is 0 Å². The van der Waals surface area contributed by atoms with Crippen molar-refractivity contribution in [2.75, 3.05) is 5.32 Å². The molecule has 1 aromatic carbocycles. The smallest absolute Gasteiger partial charge is 0.0957 e. The van der Waals surface area contributed by atoms with E-state index in [4.69, 9.17) is 5.11 Å². The van der Waals surface area contributed by atoms with E-state index in [-0.39, 0.29) is 13.2 Å². The largest absolute Gasteiger partial charge is 0.392 e. The Hall–Kier alpha value is -1.37. The number of hydrogen-bond donors (Lipinski definition) is 3. The Labute approximate surface area is 120 Å². The van der Waals surface area contributed by atoms with Crippen LogP contribution in [0.1, 0.15) is 16.8 Å². The van der Waals surface area contributed by atoms with E-state index in [0.717, 1.165) is 27.0 Å². The molecule has 0 saturated carbocycles. The number of nitrogens with one attached hydrogen (secondary N) is 1. The summed E-state index contributed by atoms with van der Waals surface area (Å²) in [5.74, 6) is 0. The first kappa shape index (κ1) is 14.0. The van der Waals surface area contributed by atoms with Crippen LogP contribution in [0.5, 0.6) is 0 Å². The van der Waals surface area contributed by atoms with Crippen molar-refractivity contribution in [3.63, 3.8) is 0 Å². The van der Waals surface area contributed by atoms with Gasteiger partial charge in [-0.25, -0.2) is 0 Å². The molecule has 0 aliphatic heterocycles. The fraction of sp³-hybridized carbons (Fsp3) is 0.308. The molecular formula is C13H16BrN3O2. The Kier molecular flexibility index (Phi) is 4.57. The SMILES string of the molecule is Cn1cc(Br)c(CNc2ccc(CO)c(CO)c2)n1. The molecule has 0 unspecified atom stereocenters. The van der Waals surface area contributed by atoms with Crippen LogP contribution < -0.4 is 5.32 Å². The summed E-state index contributed by atoms with van der Waals surface area (Å²) < 4.78 is 2.70. The Bertz CT molecular complexity index is 569. The standard InChI is InChI=1S/C13H16BrN3O2/c1-17-6-12(14)13(16-17)5-15-11-3-2-9(7-18)10(4-11)8-19/h2-4,6,15,18-19H,5,7-8H2,1H3. The van der Waals surface area contributed by atoms with Crippen molar-refractivity contribution in [1.29, 1.82) is 0 Å². The fourth-order valence-electron chi connectivity index (χ4n) is 1.85. The highest BCUT2D eigenvalue weighted by Gasteiger charge is 2.06. The normalized spacial score (nSPS) is 10.7. The number of aryl methyl sites for hydroxylation is 1. The number of hydrogen-bond acceptors (Lipinski definition) is 4. The second kappa shape index (κ2) is 6.18. The molecule has 0 amide bonds. The van der Waals surface area contributed by atoms with Gasteiger partial charge >= 0.3 is 0 Å². The van der Waals surface area contributed by atoms with Gasteiger partial charge in [0.15, 0.2) is 0 Å². The van der Waals surface area contributed by atoms with Crippen LogP contribution in [0.2, 0.25) is 0 Å². The number of anilines is 1. The van der Waals surface area contributed by atoms with Crippen molar-refractivity contribution in [3.8, 4) is 0 Å². The summed E-state index contributed by atoms with van der Waals surface area (Å²) in [6.45, 7) is 0.436. The summed E-state index contributed by atoms with van der Waals surface area (Å²) in [5.41, 5.74) is 3.28. The number of rotatable bonds is 5. The molecule has 5 nitrogen and oxygen atoms in total. The molecule has 0 fully saturated rings. The maximum Gasteiger partial charge on any atom is 0.0957 e. The molecule has 19 heavy (non-hydrogen) atoms. The highest BCUT2D eigenvalue weighted by atomic mass is 79.9. The van der Waals surface area contributed by atoms with Crippen molar-refractivity contribution < 1.29 is 10.2 Å². The monoisotopic (exact) mass is 325 g/mol. The summed E-state index contributed by atoms with van der Waals surface area (Å²) in [5, 5.41) is 25.9. The molecule has 2 rings (SSSR count). The number of aliphatic hydroxyl groups is 2. The van der Waals surface area contributed by atoms with Gasteiger partial charge in [-0.15, -0.1) is 0 Å². The molecule has 102 valence electrons. The zero-order valence-electron chi connectivity index (χ0n) is 10.6. The highest BCUT2D eigenvalue weighted by molar-refractivity contribution is 9.10. The van der Waals surface area contributed by atoms with E-state index in [1.807, 2.05) is 25.4 Å². The van der Waals surface area contributed by atoms with Crippen LogP contribution in [-0.2, 0) is 26.8 Å². The fourth-order valence-corrected chi connectivity index (χ4v) is 2.36. The van der Waals surface area contributed by atoms with Gasteiger partial charge < -0.3 is 15.5 Å². The van der Waals surface area contributed by atoms with Crippen LogP contribution in [-0.4, -0.2) is 20.0 Å². The average molecular weight is 326 g/mol. The zero-order valence-corrected chi connectivity index (χ0v) is 12.2. The van der Waals surface area contributed by atoms with Crippen molar-refractivity contribution in [2.45, 2.75) is 19.8 Å². The van der Waals surface area contributed by atoms with Gasteiger partial charge in [-0.1, -0.05) is 6.07 Å². The second-order valence-electron chi connectivity index (χ2n) is 4.25. The maximum atomic E-state index is 9.24. The van der Waals surface area contributed by atoms with Gasteiger partial charge in [-0.3, -0.25) is 4.68 Å². The van der Waals surface area contributed by atoms with Gasteiger partial charge in [0.1, 0.15) is 0 Å². The third-order valence-electron chi connectivity index (χ3n) is 2.86. The third-order valence-corrected chi connectivity index (χ3v) is 3.52. The molecule has 2 aromatic rings. The third kappa shape index (κ3) is 3.34. The number of halogens is 1. The van der Waals surface area contributed by atoms with Crippen LogP contribution in [0.15, 0.2) is 28.9 Å². The minimum atomic E-state index is -0.0846. The average Bonchev–Trinajstić information content (AvgIpc) is 2.74. The van der Waals surface area contributed by atoms with Crippen LogP contribution in [0.4, 0.5) is 5.69 Å². The van der Waals surface area contributed by atoms with Crippen molar-refractivity contribution in [2.24, 2.45) is 7.05 Å². The predicted molar refractivity (Wildman–Crippen MR) is 76.5 cm³/mol. The lowest BCUT2D eigenvalue weighted by Gasteiger charge is -2.09.